The third kappa shape index (κ3) is 3.43. The number of pyridine rings is 1. The lowest BCUT2D eigenvalue weighted by atomic mass is 10.2. The van der Waals surface area contributed by atoms with Crippen molar-refractivity contribution >= 4 is 17.4 Å². The molecule has 100 valence electrons. The molecule has 0 saturated carbocycles. The number of hydrogen-bond acceptors (Lipinski definition) is 3. The molecule has 3 nitrogen and oxygen atoms in total. The van der Waals surface area contributed by atoms with Crippen LogP contribution in [-0.2, 0) is 13.1 Å². The molecule has 0 spiro atoms. The zero-order valence-electron chi connectivity index (χ0n) is 10.6. The van der Waals surface area contributed by atoms with E-state index in [0.717, 1.165) is 5.56 Å². The molecule has 19 heavy (non-hydrogen) atoms. The number of nitrogens with zero attached hydrogens (tertiary/aromatic N) is 2. The van der Waals surface area contributed by atoms with E-state index in [1.54, 1.807) is 0 Å². The first-order valence-corrected chi connectivity index (χ1v) is 6.28. The van der Waals surface area contributed by atoms with Gasteiger partial charge in [0.25, 0.3) is 0 Å². The van der Waals surface area contributed by atoms with Crippen molar-refractivity contribution in [1.29, 1.82) is 0 Å². The fourth-order valence-electron chi connectivity index (χ4n) is 1.95. The van der Waals surface area contributed by atoms with Crippen LogP contribution in [0.2, 0.25) is 5.02 Å². The number of aromatic nitrogens is 1. The highest BCUT2D eigenvalue weighted by Crippen LogP contribution is 2.20. The molecular formula is C14H15ClFN3. The highest BCUT2D eigenvalue weighted by Gasteiger charge is 2.10. The highest BCUT2D eigenvalue weighted by molar-refractivity contribution is 6.30. The Bertz CT molecular complexity index is 574. The topological polar surface area (TPSA) is 42.2 Å². The Hall–Kier alpha value is -1.65. The van der Waals surface area contributed by atoms with Crippen molar-refractivity contribution in [3.8, 4) is 0 Å². The van der Waals surface area contributed by atoms with Crippen LogP contribution in [0.3, 0.4) is 0 Å². The van der Waals surface area contributed by atoms with E-state index in [-0.39, 0.29) is 12.4 Å². The van der Waals surface area contributed by atoms with E-state index < -0.39 is 0 Å². The fraction of sp³-hybridized carbons (Fsp3) is 0.214. The van der Waals surface area contributed by atoms with Gasteiger partial charge in [-0.15, -0.1) is 0 Å². The van der Waals surface area contributed by atoms with Crippen LogP contribution in [0.1, 0.15) is 11.1 Å². The molecule has 2 N–H and O–H groups in total. The maximum Gasteiger partial charge on any atom is 0.141 e. The van der Waals surface area contributed by atoms with Gasteiger partial charge in [-0.2, -0.15) is 0 Å². The van der Waals surface area contributed by atoms with Crippen LogP contribution in [0.15, 0.2) is 36.5 Å². The summed E-state index contributed by atoms with van der Waals surface area (Å²) in [4.78, 5) is 6.03. The lowest BCUT2D eigenvalue weighted by Gasteiger charge is -2.21. The summed E-state index contributed by atoms with van der Waals surface area (Å²) in [6.45, 7) is 0.881. The Morgan fingerprint density at radius 3 is 2.84 bits per heavy atom. The third-order valence-corrected chi connectivity index (χ3v) is 3.03. The van der Waals surface area contributed by atoms with Gasteiger partial charge in [-0.1, -0.05) is 23.7 Å². The van der Waals surface area contributed by atoms with Crippen LogP contribution in [-0.4, -0.2) is 12.0 Å². The van der Waals surface area contributed by atoms with E-state index in [9.17, 15) is 4.39 Å². The quantitative estimate of drug-likeness (QED) is 0.936. The van der Waals surface area contributed by atoms with Crippen molar-refractivity contribution in [1.82, 2.24) is 4.98 Å². The zero-order valence-corrected chi connectivity index (χ0v) is 11.4. The van der Waals surface area contributed by atoms with Crippen LogP contribution >= 0.6 is 11.6 Å². The first-order chi connectivity index (χ1) is 9.10. The van der Waals surface area contributed by atoms with E-state index in [1.807, 2.05) is 36.2 Å². The smallest absolute Gasteiger partial charge is 0.141 e. The van der Waals surface area contributed by atoms with Gasteiger partial charge in [0.1, 0.15) is 11.6 Å². The summed E-state index contributed by atoms with van der Waals surface area (Å²) in [5.74, 6) is 0.309. The fourth-order valence-corrected chi connectivity index (χ4v) is 2.16. The molecule has 0 amide bonds. The Balaban J connectivity index is 2.22. The molecule has 0 aliphatic rings. The Kier molecular flexibility index (Phi) is 4.35. The molecule has 0 aliphatic carbocycles. The molecule has 1 aromatic heterocycles. The first-order valence-electron chi connectivity index (χ1n) is 5.90. The van der Waals surface area contributed by atoms with Crippen LogP contribution in [0.5, 0.6) is 0 Å². The van der Waals surface area contributed by atoms with E-state index >= 15 is 0 Å². The summed E-state index contributed by atoms with van der Waals surface area (Å²) >= 11 is 5.95. The summed E-state index contributed by atoms with van der Waals surface area (Å²) in [7, 11) is 1.89. The van der Waals surface area contributed by atoms with Gasteiger partial charge in [-0.05, 0) is 23.8 Å². The molecule has 0 fully saturated rings. The van der Waals surface area contributed by atoms with Crippen molar-refractivity contribution in [2.24, 2.45) is 5.73 Å². The molecule has 1 aromatic carbocycles. The maximum atomic E-state index is 13.1. The number of rotatable bonds is 4. The van der Waals surface area contributed by atoms with Crippen molar-refractivity contribution in [3.63, 3.8) is 0 Å². The molecule has 0 radical (unpaired) electrons. The molecule has 1 heterocycles. The summed E-state index contributed by atoms with van der Waals surface area (Å²) in [5.41, 5.74) is 7.36. The minimum Gasteiger partial charge on any atom is -0.355 e. The molecule has 2 rings (SSSR count). The summed E-state index contributed by atoms with van der Waals surface area (Å²) in [5, 5.41) is 0.692. The maximum absolute atomic E-state index is 13.1. The number of halogens is 2. The molecule has 2 aromatic rings. The second kappa shape index (κ2) is 5.99. The van der Waals surface area contributed by atoms with E-state index in [2.05, 4.69) is 4.98 Å². The van der Waals surface area contributed by atoms with Crippen molar-refractivity contribution in [2.75, 3.05) is 11.9 Å². The minimum absolute atomic E-state index is 0.250. The van der Waals surface area contributed by atoms with Gasteiger partial charge < -0.3 is 10.6 Å². The van der Waals surface area contributed by atoms with Gasteiger partial charge in [0.15, 0.2) is 0 Å². The summed E-state index contributed by atoms with van der Waals surface area (Å²) in [6.07, 6.45) is 1.20. The van der Waals surface area contributed by atoms with Gasteiger partial charge in [-0.3, -0.25) is 0 Å². The largest absolute Gasteiger partial charge is 0.355 e. The van der Waals surface area contributed by atoms with Crippen molar-refractivity contribution in [3.05, 3.63) is 58.5 Å². The second-order valence-electron chi connectivity index (χ2n) is 4.33. The predicted molar refractivity (Wildman–Crippen MR) is 75.6 cm³/mol. The van der Waals surface area contributed by atoms with Gasteiger partial charge in [0, 0.05) is 30.7 Å². The lowest BCUT2D eigenvalue weighted by molar-refractivity contribution is 0.617. The molecule has 0 aliphatic heterocycles. The second-order valence-corrected chi connectivity index (χ2v) is 4.76. The Morgan fingerprint density at radius 2 is 2.16 bits per heavy atom. The zero-order chi connectivity index (χ0) is 13.8. The molecule has 5 heteroatoms. The van der Waals surface area contributed by atoms with Gasteiger partial charge in [0.05, 0.1) is 6.20 Å². The van der Waals surface area contributed by atoms with Crippen molar-refractivity contribution < 1.29 is 4.39 Å². The van der Waals surface area contributed by atoms with Crippen LogP contribution in [0.25, 0.3) is 0 Å². The molecule has 0 unspecified atom stereocenters. The van der Waals surface area contributed by atoms with Crippen LogP contribution in [0.4, 0.5) is 10.2 Å². The Labute approximate surface area is 116 Å². The molecule has 0 bridgehead atoms. The van der Waals surface area contributed by atoms with E-state index in [0.29, 0.717) is 22.9 Å². The molecular weight excluding hydrogens is 265 g/mol. The Morgan fingerprint density at radius 1 is 1.37 bits per heavy atom. The molecule has 0 atom stereocenters. The third-order valence-electron chi connectivity index (χ3n) is 2.80. The van der Waals surface area contributed by atoms with Gasteiger partial charge in [-0.25, -0.2) is 9.37 Å². The minimum atomic E-state index is -0.375. The highest BCUT2D eigenvalue weighted by atomic mass is 35.5. The van der Waals surface area contributed by atoms with Gasteiger partial charge >= 0.3 is 0 Å². The number of nitrogens with two attached hydrogens (primary N) is 1. The van der Waals surface area contributed by atoms with E-state index in [1.165, 1.54) is 12.3 Å². The summed E-state index contributed by atoms with van der Waals surface area (Å²) in [6, 6.07) is 9.01. The average Bonchev–Trinajstić information content (AvgIpc) is 2.38. The normalized spacial score (nSPS) is 10.5. The summed E-state index contributed by atoms with van der Waals surface area (Å²) < 4.78 is 13.1. The first kappa shape index (κ1) is 13.8. The predicted octanol–water partition coefficient (Wildman–Crippen LogP) is 2.97. The monoisotopic (exact) mass is 279 g/mol. The number of anilines is 1. The molecule has 0 saturated heterocycles. The number of benzene rings is 1. The number of hydrogen-bond donors (Lipinski definition) is 1. The van der Waals surface area contributed by atoms with Crippen LogP contribution in [0, 0.1) is 5.82 Å². The SMILES string of the molecule is CN(Cc1cccc(Cl)c1)c1ncc(F)cc1CN. The van der Waals surface area contributed by atoms with Crippen molar-refractivity contribution in [2.45, 2.75) is 13.1 Å². The lowest BCUT2D eigenvalue weighted by Crippen LogP contribution is -2.20. The van der Waals surface area contributed by atoms with Crippen LogP contribution < -0.4 is 10.6 Å². The average molecular weight is 280 g/mol. The van der Waals surface area contributed by atoms with Gasteiger partial charge in [0.2, 0.25) is 0 Å². The standard InChI is InChI=1S/C14H15ClFN3/c1-19(9-10-3-2-4-12(15)5-10)14-11(7-17)6-13(16)8-18-14/h2-6,8H,7,9,17H2,1H3. The van der Waals surface area contributed by atoms with E-state index in [4.69, 9.17) is 17.3 Å².